The standard InChI is InChI=1S/C17H18OSi/c1-19(2,14-8-4-3-5-9-14)17-12-13-18-16-11-7-6-10-15(16)17/h3-12H,13H2,1-2H3. The average Bonchev–Trinajstić information content (AvgIpc) is 2.47. The monoisotopic (exact) mass is 266 g/mol. The van der Waals surface area contributed by atoms with Crippen LogP contribution in [0, 0.1) is 0 Å². The van der Waals surface area contributed by atoms with Crippen molar-refractivity contribution >= 4 is 18.5 Å². The van der Waals surface area contributed by atoms with E-state index in [2.05, 4.69) is 67.7 Å². The predicted molar refractivity (Wildman–Crippen MR) is 83.5 cm³/mol. The fraction of sp³-hybridized carbons (Fsp3) is 0.176. The van der Waals surface area contributed by atoms with E-state index in [4.69, 9.17) is 4.74 Å². The summed E-state index contributed by atoms with van der Waals surface area (Å²) in [7, 11) is -1.65. The third kappa shape index (κ3) is 2.12. The lowest BCUT2D eigenvalue weighted by atomic mass is 10.1. The van der Waals surface area contributed by atoms with Crippen LogP contribution >= 0.6 is 0 Å². The van der Waals surface area contributed by atoms with Gasteiger partial charge in [0.15, 0.2) is 0 Å². The average molecular weight is 266 g/mol. The Bertz CT molecular complexity index is 614. The third-order valence-corrected chi connectivity index (χ3v) is 7.47. The van der Waals surface area contributed by atoms with Crippen molar-refractivity contribution in [2.45, 2.75) is 13.1 Å². The van der Waals surface area contributed by atoms with Crippen molar-refractivity contribution in [1.82, 2.24) is 0 Å². The van der Waals surface area contributed by atoms with Crippen LogP contribution in [0.15, 0.2) is 60.7 Å². The molecule has 0 saturated heterocycles. The van der Waals surface area contributed by atoms with Gasteiger partial charge in [0.2, 0.25) is 0 Å². The van der Waals surface area contributed by atoms with E-state index in [9.17, 15) is 0 Å². The van der Waals surface area contributed by atoms with Gasteiger partial charge < -0.3 is 4.74 Å². The lowest BCUT2D eigenvalue weighted by Gasteiger charge is -2.30. The second-order valence-electron chi connectivity index (χ2n) is 5.42. The SMILES string of the molecule is C[Si](C)(C1=CCOc2ccccc21)c1ccccc1. The molecule has 0 saturated carbocycles. The quantitative estimate of drug-likeness (QED) is 0.754. The lowest BCUT2D eigenvalue weighted by Crippen LogP contribution is -2.43. The highest BCUT2D eigenvalue weighted by molar-refractivity contribution is 7.04. The Labute approximate surface area is 115 Å². The molecule has 2 aromatic carbocycles. The summed E-state index contributed by atoms with van der Waals surface area (Å²) < 4.78 is 5.73. The highest BCUT2D eigenvalue weighted by atomic mass is 28.3. The van der Waals surface area contributed by atoms with Crippen LogP contribution in [-0.2, 0) is 0 Å². The van der Waals surface area contributed by atoms with Gasteiger partial charge in [0, 0.05) is 5.56 Å². The molecule has 2 aromatic rings. The van der Waals surface area contributed by atoms with E-state index in [0.717, 1.165) is 5.75 Å². The molecule has 0 aromatic heterocycles. The first-order chi connectivity index (χ1) is 9.19. The van der Waals surface area contributed by atoms with Gasteiger partial charge in [-0.1, -0.05) is 66.8 Å². The molecule has 1 aliphatic heterocycles. The summed E-state index contributed by atoms with van der Waals surface area (Å²) in [6.45, 7) is 5.52. The third-order valence-electron chi connectivity index (χ3n) is 3.87. The maximum absolute atomic E-state index is 5.73. The molecule has 1 heterocycles. The Morgan fingerprint density at radius 3 is 2.37 bits per heavy atom. The van der Waals surface area contributed by atoms with E-state index in [0.29, 0.717) is 6.61 Å². The second-order valence-corrected chi connectivity index (χ2v) is 9.78. The Morgan fingerprint density at radius 1 is 0.895 bits per heavy atom. The van der Waals surface area contributed by atoms with E-state index in [1.54, 1.807) is 0 Å². The zero-order chi connectivity index (χ0) is 13.3. The van der Waals surface area contributed by atoms with Crippen LogP contribution < -0.4 is 9.92 Å². The van der Waals surface area contributed by atoms with Crippen LogP contribution in [0.4, 0.5) is 0 Å². The summed E-state index contributed by atoms with van der Waals surface area (Å²) in [4.78, 5) is 0. The topological polar surface area (TPSA) is 9.23 Å². The molecule has 0 N–H and O–H groups in total. The maximum Gasteiger partial charge on any atom is 0.126 e. The minimum Gasteiger partial charge on any atom is -0.489 e. The van der Waals surface area contributed by atoms with Crippen molar-refractivity contribution in [3.8, 4) is 5.75 Å². The summed E-state index contributed by atoms with van der Waals surface area (Å²) in [6, 6.07) is 19.2. The Morgan fingerprint density at radius 2 is 1.58 bits per heavy atom. The van der Waals surface area contributed by atoms with E-state index in [1.165, 1.54) is 15.9 Å². The van der Waals surface area contributed by atoms with Gasteiger partial charge in [0.25, 0.3) is 0 Å². The molecular formula is C17H18OSi. The lowest BCUT2D eigenvalue weighted by molar-refractivity contribution is 0.358. The van der Waals surface area contributed by atoms with Gasteiger partial charge in [-0.3, -0.25) is 0 Å². The number of hydrogen-bond acceptors (Lipinski definition) is 1. The molecule has 0 bridgehead atoms. The van der Waals surface area contributed by atoms with Crippen LogP contribution in [0.5, 0.6) is 5.75 Å². The Hall–Kier alpha value is -1.80. The number of ether oxygens (including phenoxy) is 1. The van der Waals surface area contributed by atoms with Gasteiger partial charge in [0.1, 0.15) is 20.4 Å². The molecule has 2 heteroatoms. The van der Waals surface area contributed by atoms with Gasteiger partial charge in [-0.05, 0) is 17.3 Å². The summed E-state index contributed by atoms with van der Waals surface area (Å²) >= 11 is 0. The van der Waals surface area contributed by atoms with E-state index < -0.39 is 8.07 Å². The molecule has 19 heavy (non-hydrogen) atoms. The molecule has 96 valence electrons. The molecule has 1 nitrogen and oxygen atoms in total. The molecule has 1 aliphatic rings. The van der Waals surface area contributed by atoms with Crippen molar-refractivity contribution in [1.29, 1.82) is 0 Å². The van der Waals surface area contributed by atoms with E-state index in [1.807, 2.05) is 6.07 Å². The van der Waals surface area contributed by atoms with E-state index >= 15 is 0 Å². The maximum atomic E-state index is 5.73. The first kappa shape index (κ1) is 12.2. The molecule has 0 aliphatic carbocycles. The Balaban J connectivity index is 2.10. The molecule has 0 amide bonds. The predicted octanol–water partition coefficient (Wildman–Crippen LogP) is 3.62. The summed E-state index contributed by atoms with van der Waals surface area (Å²) in [5.74, 6) is 1.02. The molecular weight excluding hydrogens is 248 g/mol. The molecule has 0 fully saturated rings. The summed E-state index contributed by atoms with van der Waals surface area (Å²) in [5, 5.41) is 2.96. The van der Waals surface area contributed by atoms with Crippen LogP contribution in [0.2, 0.25) is 13.1 Å². The number of hydrogen-bond donors (Lipinski definition) is 0. The minimum atomic E-state index is -1.65. The number of rotatable bonds is 2. The van der Waals surface area contributed by atoms with Gasteiger partial charge in [-0.15, -0.1) is 0 Å². The van der Waals surface area contributed by atoms with Gasteiger partial charge >= 0.3 is 0 Å². The van der Waals surface area contributed by atoms with Gasteiger partial charge in [0.05, 0.1) is 0 Å². The highest BCUT2D eigenvalue weighted by Crippen LogP contribution is 2.35. The van der Waals surface area contributed by atoms with Crippen molar-refractivity contribution in [3.63, 3.8) is 0 Å². The smallest absolute Gasteiger partial charge is 0.126 e. The minimum absolute atomic E-state index is 0.690. The van der Waals surface area contributed by atoms with Crippen LogP contribution in [-0.4, -0.2) is 14.7 Å². The van der Waals surface area contributed by atoms with Crippen molar-refractivity contribution < 1.29 is 4.74 Å². The largest absolute Gasteiger partial charge is 0.489 e. The number of para-hydroxylation sites is 1. The Kier molecular flexibility index (Phi) is 3.03. The number of benzene rings is 2. The zero-order valence-electron chi connectivity index (χ0n) is 11.4. The molecule has 0 atom stereocenters. The summed E-state index contributed by atoms with van der Waals surface area (Å²) in [6.07, 6.45) is 2.27. The fourth-order valence-corrected chi connectivity index (χ4v) is 5.55. The van der Waals surface area contributed by atoms with Gasteiger partial charge in [-0.25, -0.2) is 0 Å². The van der Waals surface area contributed by atoms with Crippen molar-refractivity contribution in [3.05, 3.63) is 66.2 Å². The molecule has 3 rings (SSSR count). The van der Waals surface area contributed by atoms with Crippen LogP contribution in [0.1, 0.15) is 5.56 Å². The van der Waals surface area contributed by atoms with E-state index in [-0.39, 0.29) is 0 Å². The first-order valence-corrected chi connectivity index (χ1v) is 9.68. The van der Waals surface area contributed by atoms with Gasteiger partial charge in [-0.2, -0.15) is 0 Å². The van der Waals surface area contributed by atoms with Crippen molar-refractivity contribution in [2.24, 2.45) is 0 Å². The first-order valence-electron chi connectivity index (χ1n) is 6.68. The molecule has 0 unspecified atom stereocenters. The second kappa shape index (κ2) is 4.70. The highest BCUT2D eigenvalue weighted by Gasteiger charge is 2.31. The summed E-state index contributed by atoms with van der Waals surface area (Å²) in [5.41, 5.74) is 1.27. The van der Waals surface area contributed by atoms with Crippen molar-refractivity contribution in [2.75, 3.05) is 6.61 Å². The fourth-order valence-electron chi connectivity index (χ4n) is 2.74. The molecule has 0 spiro atoms. The van der Waals surface area contributed by atoms with Crippen LogP contribution in [0.3, 0.4) is 0 Å². The normalized spacial score (nSPS) is 14.3. The molecule has 0 radical (unpaired) electrons. The number of fused-ring (bicyclic) bond motifs is 1. The zero-order valence-corrected chi connectivity index (χ0v) is 12.4. The van der Waals surface area contributed by atoms with Crippen LogP contribution in [0.25, 0.3) is 5.20 Å².